The Morgan fingerprint density at radius 2 is 1.96 bits per heavy atom. The van der Waals surface area contributed by atoms with Gasteiger partial charge >= 0.3 is 6.01 Å². The summed E-state index contributed by atoms with van der Waals surface area (Å²) in [5.74, 6) is -0.782. The molecule has 2 saturated heterocycles. The Balaban J connectivity index is 1.29. The van der Waals surface area contributed by atoms with Gasteiger partial charge in [0.05, 0.1) is 17.0 Å². The zero-order chi connectivity index (χ0) is 33.1. The highest BCUT2D eigenvalue weighted by Gasteiger charge is 2.49. The first-order valence-corrected chi connectivity index (χ1v) is 16.7. The van der Waals surface area contributed by atoms with Gasteiger partial charge in [-0.1, -0.05) is 19.9 Å². The fourth-order valence-corrected chi connectivity index (χ4v) is 8.38. The lowest BCUT2D eigenvalue weighted by molar-refractivity contribution is -0.0258. The number of aliphatic hydroxyl groups excluding tert-OH is 1. The van der Waals surface area contributed by atoms with Crippen LogP contribution in [0.25, 0.3) is 32.9 Å². The minimum atomic E-state index is -0.919. The van der Waals surface area contributed by atoms with Crippen LogP contribution in [0.2, 0.25) is 0 Å². The second kappa shape index (κ2) is 12.1. The number of benzene rings is 2. The Labute approximate surface area is 272 Å². The third-order valence-electron chi connectivity index (χ3n) is 10.7. The molecule has 4 heterocycles. The van der Waals surface area contributed by atoms with Gasteiger partial charge in [0.1, 0.15) is 41.4 Å². The van der Waals surface area contributed by atoms with Crippen molar-refractivity contribution in [1.29, 1.82) is 0 Å². The molecule has 7 rings (SSSR count). The average molecular weight is 650 g/mol. The molecule has 8 nitrogen and oxygen atoms in total. The Morgan fingerprint density at radius 3 is 2.72 bits per heavy atom. The van der Waals surface area contributed by atoms with E-state index >= 15 is 4.39 Å². The number of rotatable bonds is 10. The maximum absolute atomic E-state index is 16.8. The quantitative estimate of drug-likeness (QED) is 0.196. The fourth-order valence-electron chi connectivity index (χ4n) is 8.38. The van der Waals surface area contributed by atoms with Crippen LogP contribution >= 0.6 is 0 Å². The molecule has 3 fully saturated rings. The highest BCUT2D eigenvalue weighted by Crippen LogP contribution is 2.45. The standard InChI is InChI=1S/C36H42F3N5O3/c1-4-25-28(38)8-7-21-13-23(45)14-26(29(21)25)31-30(39)32-27(18-40-31)33(43(3)11-5-9-35(2)16-24(46)17-35)42-34(41-32)47-20-36-10-6-12-44(36)19-22(37)15-36/h7-8,13-14,18,22,24,45-46H,4-6,9-12,15-17,19-20H2,1-3H3/t22-,24-,35-,36+/m1/s1. The highest BCUT2D eigenvalue weighted by molar-refractivity contribution is 6.01. The second-order valence-electron chi connectivity index (χ2n) is 14.2. The van der Waals surface area contributed by atoms with Gasteiger partial charge in [-0.25, -0.2) is 13.2 Å². The van der Waals surface area contributed by atoms with Crippen molar-refractivity contribution in [2.24, 2.45) is 5.41 Å². The van der Waals surface area contributed by atoms with Crippen molar-refractivity contribution in [1.82, 2.24) is 19.9 Å². The fraction of sp³-hybridized carbons (Fsp3) is 0.528. The van der Waals surface area contributed by atoms with Crippen molar-refractivity contribution in [3.63, 3.8) is 0 Å². The van der Waals surface area contributed by atoms with Gasteiger partial charge in [0.15, 0.2) is 5.82 Å². The van der Waals surface area contributed by atoms with E-state index in [4.69, 9.17) is 9.72 Å². The number of hydrogen-bond acceptors (Lipinski definition) is 8. The van der Waals surface area contributed by atoms with Crippen LogP contribution in [0.1, 0.15) is 64.4 Å². The van der Waals surface area contributed by atoms with Crippen LogP contribution < -0.4 is 9.64 Å². The number of fused-ring (bicyclic) bond motifs is 3. The van der Waals surface area contributed by atoms with Crippen LogP contribution in [0.15, 0.2) is 30.5 Å². The summed E-state index contributed by atoms with van der Waals surface area (Å²) in [6.07, 6.45) is 6.23. The molecule has 4 aromatic rings. The number of phenolic OH excluding ortho intramolecular Hbond substituents is 1. The first-order chi connectivity index (χ1) is 22.5. The molecule has 0 unspecified atom stereocenters. The molecule has 47 heavy (non-hydrogen) atoms. The first-order valence-electron chi connectivity index (χ1n) is 16.7. The maximum Gasteiger partial charge on any atom is 0.319 e. The molecule has 0 radical (unpaired) electrons. The molecule has 2 atom stereocenters. The van der Waals surface area contributed by atoms with E-state index in [0.29, 0.717) is 53.5 Å². The van der Waals surface area contributed by atoms with Crippen molar-refractivity contribution < 1.29 is 28.1 Å². The third kappa shape index (κ3) is 5.75. The molecule has 2 aromatic carbocycles. The third-order valence-corrected chi connectivity index (χ3v) is 10.7. The molecule has 1 aliphatic carbocycles. The molecular weight excluding hydrogens is 607 g/mol. The molecule has 2 aromatic heterocycles. The van der Waals surface area contributed by atoms with E-state index < -0.39 is 23.3 Å². The number of nitrogens with zero attached hydrogens (tertiary/aromatic N) is 5. The summed E-state index contributed by atoms with van der Waals surface area (Å²) < 4.78 is 52.4. The Morgan fingerprint density at radius 1 is 1.15 bits per heavy atom. The van der Waals surface area contributed by atoms with Gasteiger partial charge in [0.25, 0.3) is 0 Å². The number of phenols is 1. The molecule has 1 saturated carbocycles. The molecule has 0 bridgehead atoms. The molecule has 0 amide bonds. The van der Waals surface area contributed by atoms with Crippen LogP contribution in [-0.4, -0.2) is 81.2 Å². The van der Waals surface area contributed by atoms with Crippen molar-refractivity contribution in [3.8, 4) is 23.0 Å². The van der Waals surface area contributed by atoms with Crippen LogP contribution in [0.4, 0.5) is 19.0 Å². The number of ether oxygens (including phenoxy) is 1. The normalized spacial score (nSPS) is 25.8. The SMILES string of the molecule is CCc1c(F)ccc2cc(O)cc(-c3ncc4c(N(C)CCC[C@]5(C)C[C@@H](O)C5)nc(OC[C@@]56CCCN5C[C@H](F)C6)nc4c3F)c12. The molecular formula is C36H42F3N5O3. The predicted molar refractivity (Wildman–Crippen MR) is 176 cm³/mol. The van der Waals surface area contributed by atoms with Crippen LogP contribution in [0.5, 0.6) is 11.8 Å². The lowest BCUT2D eigenvalue weighted by Crippen LogP contribution is -2.43. The maximum atomic E-state index is 16.8. The Kier molecular flexibility index (Phi) is 8.19. The minimum absolute atomic E-state index is 0.00237. The molecule has 11 heteroatoms. The number of aromatic hydroxyl groups is 1. The number of alkyl halides is 1. The summed E-state index contributed by atoms with van der Waals surface area (Å²) in [6.45, 7) is 6.02. The van der Waals surface area contributed by atoms with Crippen molar-refractivity contribution in [2.45, 2.75) is 83.0 Å². The van der Waals surface area contributed by atoms with Crippen LogP contribution in [-0.2, 0) is 6.42 Å². The number of anilines is 1. The molecule has 2 aliphatic heterocycles. The lowest BCUT2D eigenvalue weighted by Gasteiger charge is -2.43. The van der Waals surface area contributed by atoms with Crippen molar-refractivity contribution in [2.75, 3.05) is 38.2 Å². The second-order valence-corrected chi connectivity index (χ2v) is 14.2. The van der Waals surface area contributed by atoms with Gasteiger partial charge in [-0.05, 0) is 91.4 Å². The first kappa shape index (κ1) is 31.9. The van der Waals surface area contributed by atoms with Gasteiger partial charge in [0, 0.05) is 38.3 Å². The van der Waals surface area contributed by atoms with E-state index in [1.165, 1.54) is 24.4 Å². The zero-order valence-corrected chi connectivity index (χ0v) is 27.2. The summed E-state index contributed by atoms with van der Waals surface area (Å²) in [4.78, 5) is 17.9. The molecule has 3 aliphatic rings. The summed E-state index contributed by atoms with van der Waals surface area (Å²) in [5.41, 5.74) is 0.274. The predicted octanol–water partition coefficient (Wildman–Crippen LogP) is 6.72. The largest absolute Gasteiger partial charge is 0.508 e. The van der Waals surface area contributed by atoms with E-state index in [1.807, 2.05) is 18.9 Å². The van der Waals surface area contributed by atoms with E-state index in [0.717, 1.165) is 45.1 Å². The molecule has 0 spiro atoms. The number of pyridine rings is 1. The summed E-state index contributed by atoms with van der Waals surface area (Å²) in [7, 11) is 1.89. The van der Waals surface area contributed by atoms with E-state index in [9.17, 15) is 19.0 Å². The molecule has 250 valence electrons. The number of hydrogen-bond donors (Lipinski definition) is 2. The van der Waals surface area contributed by atoms with Crippen molar-refractivity contribution >= 4 is 27.5 Å². The minimum Gasteiger partial charge on any atom is -0.508 e. The topological polar surface area (TPSA) is 94.8 Å². The van der Waals surface area contributed by atoms with E-state index in [1.54, 1.807) is 6.07 Å². The number of aliphatic hydroxyl groups is 1. The monoisotopic (exact) mass is 649 g/mol. The van der Waals surface area contributed by atoms with Gasteiger partial charge in [0.2, 0.25) is 0 Å². The smallest absolute Gasteiger partial charge is 0.319 e. The number of halogens is 3. The van der Waals surface area contributed by atoms with E-state index in [-0.39, 0.29) is 46.7 Å². The van der Waals surface area contributed by atoms with Crippen LogP contribution in [0.3, 0.4) is 0 Å². The van der Waals surface area contributed by atoms with E-state index in [2.05, 4.69) is 21.8 Å². The van der Waals surface area contributed by atoms with Crippen molar-refractivity contribution in [3.05, 3.63) is 47.7 Å². The average Bonchev–Trinajstić information content (AvgIpc) is 3.54. The number of aromatic nitrogens is 3. The zero-order valence-electron chi connectivity index (χ0n) is 27.2. The summed E-state index contributed by atoms with van der Waals surface area (Å²) in [6, 6.07) is 5.84. The van der Waals surface area contributed by atoms with Gasteiger partial charge in [-0.3, -0.25) is 9.88 Å². The van der Waals surface area contributed by atoms with Crippen LogP contribution in [0, 0.1) is 17.0 Å². The Bertz CT molecular complexity index is 1830. The highest BCUT2D eigenvalue weighted by atomic mass is 19.1. The summed E-state index contributed by atoms with van der Waals surface area (Å²) >= 11 is 0. The van der Waals surface area contributed by atoms with Gasteiger partial charge in [-0.15, -0.1) is 0 Å². The summed E-state index contributed by atoms with van der Waals surface area (Å²) in [5, 5.41) is 21.8. The van der Waals surface area contributed by atoms with Gasteiger partial charge in [-0.2, -0.15) is 9.97 Å². The Hall–Kier alpha value is -3.70. The lowest BCUT2D eigenvalue weighted by atomic mass is 9.66. The number of aryl methyl sites for hydroxylation is 1. The molecule has 2 N–H and O–H groups in total. The van der Waals surface area contributed by atoms with Gasteiger partial charge < -0.3 is 19.8 Å².